The minimum Gasteiger partial charge on any atom is -0.495 e. The summed E-state index contributed by atoms with van der Waals surface area (Å²) in [6, 6.07) is 14.4. The number of nitrogens with one attached hydrogen (secondary N) is 1. The van der Waals surface area contributed by atoms with E-state index in [1.807, 2.05) is 24.3 Å². The van der Waals surface area contributed by atoms with Crippen molar-refractivity contribution in [3.63, 3.8) is 0 Å². The van der Waals surface area contributed by atoms with Crippen molar-refractivity contribution in [3.8, 4) is 5.75 Å². The second kappa shape index (κ2) is 6.44. The van der Waals surface area contributed by atoms with Gasteiger partial charge in [0.15, 0.2) is 0 Å². The van der Waals surface area contributed by atoms with E-state index in [2.05, 4.69) is 37.4 Å². The standard InChI is InChI=1S/C17H22N2O/c1-12-8-9-14(13(2)10-12)16(11-18)19-15-6-4-5-7-17(15)20-3/h4-10,16,19H,11,18H2,1-3H3. The molecular formula is C17H22N2O. The van der Waals surface area contributed by atoms with E-state index < -0.39 is 0 Å². The number of benzene rings is 2. The maximum Gasteiger partial charge on any atom is 0.141 e. The van der Waals surface area contributed by atoms with Crippen LogP contribution in [0.3, 0.4) is 0 Å². The van der Waals surface area contributed by atoms with Gasteiger partial charge in [-0.1, -0.05) is 35.9 Å². The number of hydrogen-bond donors (Lipinski definition) is 2. The Kier molecular flexibility index (Phi) is 4.64. The molecule has 3 N–H and O–H groups in total. The predicted octanol–water partition coefficient (Wildman–Crippen LogP) is 3.42. The van der Waals surface area contributed by atoms with Crippen molar-refractivity contribution in [2.45, 2.75) is 19.9 Å². The minimum absolute atomic E-state index is 0.0758. The molecule has 0 bridgehead atoms. The van der Waals surface area contributed by atoms with Crippen LogP contribution in [0, 0.1) is 13.8 Å². The average molecular weight is 270 g/mol. The number of hydrogen-bond acceptors (Lipinski definition) is 3. The molecule has 2 rings (SSSR count). The topological polar surface area (TPSA) is 47.3 Å². The Morgan fingerprint density at radius 2 is 1.90 bits per heavy atom. The molecule has 0 aliphatic carbocycles. The summed E-state index contributed by atoms with van der Waals surface area (Å²) in [5, 5.41) is 3.47. The molecule has 2 aromatic carbocycles. The zero-order valence-electron chi connectivity index (χ0n) is 12.3. The number of anilines is 1. The van der Waals surface area contributed by atoms with Crippen molar-refractivity contribution in [3.05, 3.63) is 59.2 Å². The quantitative estimate of drug-likeness (QED) is 0.875. The molecule has 1 atom stereocenters. The van der Waals surface area contributed by atoms with Crippen LogP contribution in [-0.2, 0) is 0 Å². The van der Waals surface area contributed by atoms with E-state index in [0.29, 0.717) is 6.54 Å². The van der Waals surface area contributed by atoms with Crippen molar-refractivity contribution in [2.75, 3.05) is 19.0 Å². The zero-order chi connectivity index (χ0) is 14.5. The fraction of sp³-hybridized carbons (Fsp3) is 0.294. The van der Waals surface area contributed by atoms with Gasteiger partial charge in [0.2, 0.25) is 0 Å². The lowest BCUT2D eigenvalue weighted by molar-refractivity contribution is 0.416. The Labute approximate surface area is 120 Å². The van der Waals surface area contributed by atoms with Gasteiger partial charge in [-0.25, -0.2) is 0 Å². The molecule has 0 heterocycles. The molecule has 0 radical (unpaired) electrons. The number of methoxy groups -OCH3 is 1. The average Bonchev–Trinajstić information content (AvgIpc) is 2.46. The Hall–Kier alpha value is -2.00. The molecule has 3 nitrogen and oxygen atoms in total. The Balaban J connectivity index is 2.29. The first-order chi connectivity index (χ1) is 9.65. The lowest BCUT2D eigenvalue weighted by atomic mass is 9.99. The van der Waals surface area contributed by atoms with Crippen LogP contribution in [0.5, 0.6) is 5.75 Å². The summed E-state index contributed by atoms with van der Waals surface area (Å²) in [5.41, 5.74) is 10.7. The molecule has 0 amide bonds. The molecule has 0 fully saturated rings. The van der Waals surface area contributed by atoms with Crippen LogP contribution in [0.2, 0.25) is 0 Å². The summed E-state index contributed by atoms with van der Waals surface area (Å²) >= 11 is 0. The number of ether oxygens (including phenoxy) is 1. The first kappa shape index (κ1) is 14.4. The Morgan fingerprint density at radius 1 is 1.15 bits per heavy atom. The highest BCUT2D eigenvalue weighted by Gasteiger charge is 2.13. The highest BCUT2D eigenvalue weighted by Crippen LogP contribution is 2.28. The van der Waals surface area contributed by atoms with Crippen LogP contribution >= 0.6 is 0 Å². The summed E-state index contributed by atoms with van der Waals surface area (Å²) in [7, 11) is 1.68. The number of rotatable bonds is 5. The maximum atomic E-state index is 5.95. The fourth-order valence-electron chi connectivity index (χ4n) is 2.43. The summed E-state index contributed by atoms with van der Waals surface area (Å²) in [4.78, 5) is 0. The number of aryl methyl sites for hydroxylation is 2. The SMILES string of the molecule is COc1ccccc1NC(CN)c1ccc(C)cc1C. The van der Waals surface area contributed by atoms with E-state index >= 15 is 0 Å². The lowest BCUT2D eigenvalue weighted by Crippen LogP contribution is -2.21. The Bertz CT molecular complexity index is 581. The van der Waals surface area contributed by atoms with E-state index in [4.69, 9.17) is 10.5 Å². The van der Waals surface area contributed by atoms with Crippen molar-refractivity contribution < 1.29 is 4.74 Å². The van der Waals surface area contributed by atoms with Crippen molar-refractivity contribution >= 4 is 5.69 Å². The molecule has 0 aliphatic heterocycles. The normalized spacial score (nSPS) is 12.0. The second-order valence-electron chi connectivity index (χ2n) is 4.99. The van der Waals surface area contributed by atoms with Gasteiger partial charge >= 0.3 is 0 Å². The van der Waals surface area contributed by atoms with E-state index in [1.165, 1.54) is 16.7 Å². The highest BCUT2D eigenvalue weighted by molar-refractivity contribution is 5.57. The van der Waals surface area contributed by atoms with E-state index in [0.717, 1.165) is 11.4 Å². The van der Waals surface area contributed by atoms with Gasteiger partial charge in [0.05, 0.1) is 18.8 Å². The van der Waals surface area contributed by atoms with Crippen molar-refractivity contribution in [2.24, 2.45) is 5.73 Å². The van der Waals surface area contributed by atoms with Gasteiger partial charge in [0.25, 0.3) is 0 Å². The van der Waals surface area contributed by atoms with E-state index in [-0.39, 0.29) is 6.04 Å². The van der Waals surface area contributed by atoms with Gasteiger partial charge in [-0.15, -0.1) is 0 Å². The monoisotopic (exact) mass is 270 g/mol. The molecular weight excluding hydrogens is 248 g/mol. The molecule has 0 aromatic heterocycles. The molecule has 0 spiro atoms. The molecule has 0 saturated heterocycles. The molecule has 0 aliphatic rings. The molecule has 3 heteroatoms. The summed E-state index contributed by atoms with van der Waals surface area (Å²) in [5.74, 6) is 0.829. The maximum absolute atomic E-state index is 5.95. The summed E-state index contributed by atoms with van der Waals surface area (Å²) < 4.78 is 5.37. The number of nitrogens with two attached hydrogens (primary N) is 1. The third kappa shape index (κ3) is 3.11. The van der Waals surface area contributed by atoms with Gasteiger partial charge in [-0.2, -0.15) is 0 Å². The fourth-order valence-corrected chi connectivity index (χ4v) is 2.43. The lowest BCUT2D eigenvalue weighted by Gasteiger charge is -2.22. The van der Waals surface area contributed by atoms with Gasteiger partial charge in [0.1, 0.15) is 5.75 Å². The van der Waals surface area contributed by atoms with Crippen LogP contribution in [0.15, 0.2) is 42.5 Å². The predicted molar refractivity (Wildman–Crippen MR) is 84.3 cm³/mol. The first-order valence-corrected chi connectivity index (χ1v) is 6.82. The van der Waals surface area contributed by atoms with E-state index in [1.54, 1.807) is 7.11 Å². The molecule has 0 saturated carbocycles. The largest absolute Gasteiger partial charge is 0.495 e. The van der Waals surface area contributed by atoms with Gasteiger partial charge in [-0.3, -0.25) is 0 Å². The third-order valence-corrected chi connectivity index (χ3v) is 3.47. The van der Waals surface area contributed by atoms with Crippen molar-refractivity contribution in [1.29, 1.82) is 0 Å². The highest BCUT2D eigenvalue weighted by atomic mass is 16.5. The number of para-hydroxylation sites is 2. The summed E-state index contributed by atoms with van der Waals surface area (Å²) in [6.45, 7) is 4.75. The minimum atomic E-state index is 0.0758. The van der Waals surface area contributed by atoms with Crippen LogP contribution in [-0.4, -0.2) is 13.7 Å². The zero-order valence-corrected chi connectivity index (χ0v) is 12.3. The van der Waals surface area contributed by atoms with Crippen LogP contribution in [0.4, 0.5) is 5.69 Å². The van der Waals surface area contributed by atoms with Gasteiger partial charge < -0.3 is 15.8 Å². The Morgan fingerprint density at radius 3 is 2.55 bits per heavy atom. The van der Waals surface area contributed by atoms with Gasteiger partial charge in [-0.05, 0) is 37.1 Å². The van der Waals surface area contributed by atoms with E-state index in [9.17, 15) is 0 Å². The van der Waals surface area contributed by atoms with Crippen molar-refractivity contribution in [1.82, 2.24) is 0 Å². The molecule has 2 aromatic rings. The first-order valence-electron chi connectivity index (χ1n) is 6.82. The van der Waals surface area contributed by atoms with Crippen LogP contribution < -0.4 is 15.8 Å². The second-order valence-corrected chi connectivity index (χ2v) is 4.99. The third-order valence-electron chi connectivity index (χ3n) is 3.47. The van der Waals surface area contributed by atoms with Crippen LogP contribution in [0.1, 0.15) is 22.7 Å². The molecule has 1 unspecified atom stereocenters. The van der Waals surface area contributed by atoms with Crippen LogP contribution in [0.25, 0.3) is 0 Å². The smallest absolute Gasteiger partial charge is 0.141 e. The summed E-state index contributed by atoms with van der Waals surface area (Å²) in [6.07, 6.45) is 0. The van der Waals surface area contributed by atoms with Gasteiger partial charge in [0, 0.05) is 6.54 Å². The molecule has 106 valence electrons. The molecule has 20 heavy (non-hydrogen) atoms.